The standard InChI is InChI=1S/C10H17NO/c1-2-3-4-8-12-10-6-5-7-11-9-10/h1,10-11H,3-9H2/t10-/m0/s1. The second kappa shape index (κ2) is 6.05. The van der Waals surface area contributed by atoms with Crippen LogP contribution in [0.25, 0.3) is 0 Å². The van der Waals surface area contributed by atoms with Gasteiger partial charge in [0.2, 0.25) is 0 Å². The second-order valence-electron chi connectivity index (χ2n) is 3.15. The Bertz CT molecular complexity index is 144. The van der Waals surface area contributed by atoms with E-state index < -0.39 is 0 Å². The molecule has 0 unspecified atom stereocenters. The second-order valence-corrected chi connectivity index (χ2v) is 3.15. The molecule has 0 aromatic rings. The molecule has 1 N–H and O–H groups in total. The molecule has 68 valence electrons. The maximum absolute atomic E-state index is 5.63. The summed E-state index contributed by atoms with van der Waals surface area (Å²) in [5.74, 6) is 2.61. The van der Waals surface area contributed by atoms with E-state index in [-0.39, 0.29) is 0 Å². The van der Waals surface area contributed by atoms with Gasteiger partial charge in [-0.2, -0.15) is 0 Å². The molecular formula is C10H17NO. The van der Waals surface area contributed by atoms with Gasteiger partial charge in [0.25, 0.3) is 0 Å². The Hall–Kier alpha value is -0.520. The van der Waals surface area contributed by atoms with Crippen LogP contribution in [0.1, 0.15) is 25.7 Å². The van der Waals surface area contributed by atoms with E-state index in [1.54, 1.807) is 0 Å². The van der Waals surface area contributed by atoms with Crippen molar-refractivity contribution in [3.05, 3.63) is 0 Å². The lowest BCUT2D eigenvalue weighted by atomic mass is 10.1. The monoisotopic (exact) mass is 167 g/mol. The van der Waals surface area contributed by atoms with Crippen molar-refractivity contribution < 1.29 is 4.74 Å². The number of hydrogen-bond donors (Lipinski definition) is 1. The third kappa shape index (κ3) is 3.75. The molecule has 0 saturated carbocycles. The van der Waals surface area contributed by atoms with E-state index in [0.29, 0.717) is 6.10 Å². The number of hydrogen-bond acceptors (Lipinski definition) is 2. The summed E-state index contributed by atoms with van der Waals surface area (Å²) < 4.78 is 5.63. The average molecular weight is 167 g/mol. The van der Waals surface area contributed by atoms with E-state index in [0.717, 1.165) is 32.5 Å². The fourth-order valence-corrected chi connectivity index (χ4v) is 1.39. The van der Waals surface area contributed by atoms with Gasteiger partial charge in [0.1, 0.15) is 0 Å². The molecule has 0 amide bonds. The number of piperidine rings is 1. The summed E-state index contributed by atoms with van der Waals surface area (Å²) >= 11 is 0. The fourth-order valence-electron chi connectivity index (χ4n) is 1.39. The highest BCUT2D eigenvalue weighted by Crippen LogP contribution is 2.06. The molecule has 12 heavy (non-hydrogen) atoms. The van der Waals surface area contributed by atoms with E-state index in [1.165, 1.54) is 12.8 Å². The van der Waals surface area contributed by atoms with Gasteiger partial charge in [-0.1, -0.05) is 0 Å². The predicted octanol–water partition coefficient (Wildman–Crippen LogP) is 1.17. The molecule has 1 fully saturated rings. The molecule has 2 heteroatoms. The minimum absolute atomic E-state index is 0.427. The molecule has 0 aliphatic carbocycles. The van der Waals surface area contributed by atoms with Gasteiger partial charge in [0, 0.05) is 19.6 Å². The SMILES string of the molecule is C#CCCCO[C@H]1CCCNC1. The lowest BCUT2D eigenvalue weighted by Gasteiger charge is -2.22. The molecule has 0 spiro atoms. The molecule has 1 aliphatic heterocycles. The molecule has 2 nitrogen and oxygen atoms in total. The Morgan fingerprint density at radius 1 is 1.58 bits per heavy atom. The van der Waals surface area contributed by atoms with E-state index in [1.807, 2.05) is 0 Å². The molecule has 1 aliphatic rings. The number of rotatable bonds is 4. The van der Waals surface area contributed by atoms with Gasteiger partial charge in [-0.3, -0.25) is 0 Å². The summed E-state index contributed by atoms with van der Waals surface area (Å²) in [6.07, 6.45) is 9.82. The van der Waals surface area contributed by atoms with E-state index in [9.17, 15) is 0 Å². The lowest BCUT2D eigenvalue weighted by Crippen LogP contribution is -2.35. The molecule has 0 aromatic heterocycles. The van der Waals surface area contributed by atoms with Crippen molar-refractivity contribution in [2.75, 3.05) is 19.7 Å². The third-order valence-electron chi connectivity index (χ3n) is 2.07. The Labute approximate surface area is 74.7 Å². The molecule has 1 rings (SSSR count). The first-order chi connectivity index (χ1) is 5.93. The van der Waals surface area contributed by atoms with Crippen LogP contribution in [-0.2, 0) is 4.74 Å². The lowest BCUT2D eigenvalue weighted by molar-refractivity contribution is 0.0362. The van der Waals surface area contributed by atoms with E-state index in [2.05, 4.69) is 11.2 Å². The zero-order valence-electron chi connectivity index (χ0n) is 7.51. The van der Waals surface area contributed by atoms with Gasteiger partial charge in [-0.15, -0.1) is 12.3 Å². The summed E-state index contributed by atoms with van der Waals surface area (Å²) in [6, 6.07) is 0. The summed E-state index contributed by atoms with van der Waals surface area (Å²) in [5.41, 5.74) is 0. The first-order valence-electron chi connectivity index (χ1n) is 4.69. The number of ether oxygens (including phenoxy) is 1. The fraction of sp³-hybridized carbons (Fsp3) is 0.800. The number of terminal acetylenes is 1. The van der Waals surface area contributed by atoms with Gasteiger partial charge in [0.05, 0.1) is 6.10 Å². The van der Waals surface area contributed by atoms with Gasteiger partial charge in [0.15, 0.2) is 0 Å². The number of unbranched alkanes of at least 4 members (excludes halogenated alkanes) is 1. The summed E-state index contributed by atoms with van der Waals surface area (Å²) in [6.45, 7) is 2.97. The Kier molecular flexibility index (Phi) is 4.82. The summed E-state index contributed by atoms with van der Waals surface area (Å²) in [7, 11) is 0. The normalized spacial score (nSPS) is 23.4. The first kappa shape index (κ1) is 9.57. The molecule has 0 radical (unpaired) electrons. The van der Waals surface area contributed by atoms with Crippen LogP contribution in [0.15, 0.2) is 0 Å². The van der Waals surface area contributed by atoms with Crippen molar-refractivity contribution in [2.24, 2.45) is 0 Å². The molecule has 0 bridgehead atoms. The Morgan fingerprint density at radius 2 is 2.50 bits per heavy atom. The topological polar surface area (TPSA) is 21.3 Å². The van der Waals surface area contributed by atoms with Crippen LogP contribution in [0.3, 0.4) is 0 Å². The summed E-state index contributed by atoms with van der Waals surface area (Å²) in [4.78, 5) is 0. The zero-order chi connectivity index (χ0) is 8.65. The Balaban J connectivity index is 1.95. The van der Waals surface area contributed by atoms with Crippen molar-refractivity contribution in [3.63, 3.8) is 0 Å². The number of nitrogens with one attached hydrogen (secondary N) is 1. The smallest absolute Gasteiger partial charge is 0.0699 e. The Morgan fingerprint density at radius 3 is 3.17 bits per heavy atom. The van der Waals surface area contributed by atoms with Crippen LogP contribution in [0.2, 0.25) is 0 Å². The van der Waals surface area contributed by atoms with Gasteiger partial charge in [-0.25, -0.2) is 0 Å². The molecule has 1 saturated heterocycles. The maximum atomic E-state index is 5.63. The molecule has 1 heterocycles. The first-order valence-corrected chi connectivity index (χ1v) is 4.69. The van der Waals surface area contributed by atoms with Gasteiger partial charge >= 0.3 is 0 Å². The minimum Gasteiger partial charge on any atom is -0.377 e. The van der Waals surface area contributed by atoms with Crippen LogP contribution in [0.5, 0.6) is 0 Å². The molecule has 1 atom stereocenters. The van der Waals surface area contributed by atoms with Crippen LogP contribution in [0, 0.1) is 12.3 Å². The highest BCUT2D eigenvalue weighted by atomic mass is 16.5. The highest BCUT2D eigenvalue weighted by molar-refractivity contribution is 4.82. The molecule has 0 aromatic carbocycles. The summed E-state index contributed by atoms with van der Waals surface area (Å²) in [5, 5.41) is 3.31. The van der Waals surface area contributed by atoms with E-state index >= 15 is 0 Å². The third-order valence-corrected chi connectivity index (χ3v) is 2.07. The van der Waals surface area contributed by atoms with Crippen molar-refractivity contribution in [3.8, 4) is 12.3 Å². The van der Waals surface area contributed by atoms with Crippen molar-refractivity contribution in [1.82, 2.24) is 5.32 Å². The zero-order valence-corrected chi connectivity index (χ0v) is 7.51. The van der Waals surface area contributed by atoms with Crippen LogP contribution in [0.4, 0.5) is 0 Å². The largest absolute Gasteiger partial charge is 0.377 e. The van der Waals surface area contributed by atoms with Crippen LogP contribution in [-0.4, -0.2) is 25.8 Å². The van der Waals surface area contributed by atoms with Crippen molar-refractivity contribution >= 4 is 0 Å². The quantitative estimate of drug-likeness (QED) is 0.501. The maximum Gasteiger partial charge on any atom is 0.0699 e. The minimum atomic E-state index is 0.427. The van der Waals surface area contributed by atoms with Crippen molar-refractivity contribution in [2.45, 2.75) is 31.8 Å². The van der Waals surface area contributed by atoms with Crippen LogP contribution < -0.4 is 5.32 Å². The van der Waals surface area contributed by atoms with Crippen molar-refractivity contribution in [1.29, 1.82) is 0 Å². The molecular weight excluding hydrogens is 150 g/mol. The van der Waals surface area contributed by atoms with Crippen LogP contribution >= 0.6 is 0 Å². The van der Waals surface area contributed by atoms with E-state index in [4.69, 9.17) is 11.2 Å². The van der Waals surface area contributed by atoms with Gasteiger partial charge in [-0.05, 0) is 25.8 Å². The average Bonchev–Trinajstić information content (AvgIpc) is 2.14. The predicted molar refractivity (Wildman–Crippen MR) is 49.9 cm³/mol. The van der Waals surface area contributed by atoms with Gasteiger partial charge < -0.3 is 10.1 Å². The highest BCUT2D eigenvalue weighted by Gasteiger charge is 2.11.